The Labute approximate surface area is 102 Å². The van der Waals surface area contributed by atoms with E-state index in [2.05, 4.69) is 22.3 Å². The van der Waals surface area contributed by atoms with Crippen molar-refractivity contribution in [1.82, 2.24) is 10.6 Å². The van der Waals surface area contributed by atoms with Crippen LogP contribution in [0.4, 0.5) is 4.79 Å². The molecule has 0 heterocycles. The number of carbonyl (C=O) groups is 2. The predicted octanol–water partition coefficient (Wildman–Crippen LogP) is 0.366. The molecule has 1 atom stereocenters. The highest BCUT2D eigenvalue weighted by Crippen LogP contribution is 1.91. The van der Waals surface area contributed by atoms with Crippen molar-refractivity contribution in [2.24, 2.45) is 5.73 Å². The van der Waals surface area contributed by atoms with Gasteiger partial charge in [-0.2, -0.15) is 0 Å². The van der Waals surface area contributed by atoms with Crippen molar-refractivity contribution in [2.45, 2.75) is 39.2 Å². The number of amides is 2. The second kappa shape index (κ2) is 9.89. The van der Waals surface area contributed by atoms with Gasteiger partial charge >= 0.3 is 6.09 Å². The molecule has 0 rings (SSSR count). The predicted molar refractivity (Wildman–Crippen MR) is 65.5 cm³/mol. The summed E-state index contributed by atoms with van der Waals surface area (Å²) < 4.78 is 4.53. The van der Waals surface area contributed by atoms with Crippen molar-refractivity contribution in [3.63, 3.8) is 0 Å². The number of unbranched alkanes of at least 4 members (excludes halogenated alkanes) is 2. The van der Waals surface area contributed by atoms with E-state index in [0.717, 1.165) is 19.3 Å². The van der Waals surface area contributed by atoms with Gasteiger partial charge in [0.15, 0.2) is 0 Å². The maximum Gasteiger partial charge on any atom is 0.404 e. The van der Waals surface area contributed by atoms with E-state index in [4.69, 9.17) is 5.73 Å². The molecule has 0 aromatic rings. The van der Waals surface area contributed by atoms with Crippen molar-refractivity contribution in [2.75, 3.05) is 19.7 Å². The zero-order valence-electron chi connectivity index (χ0n) is 10.6. The van der Waals surface area contributed by atoms with Crippen LogP contribution in [0.15, 0.2) is 0 Å². The maximum atomic E-state index is 11.5. The van der Waals surface area contributed by atoms with E-state index >= 15 is 0 Å². The Kier molecular flexibility index (Phi) is 9.14. The second-order valence-electron chi connectivity index (χ2n) is 3.84. The van der Waals surface area contributed by atoms with Gasteiger partial charge in [0.1, 0.15) is 6.61 Å². The Balaban J connectivity index is 3.50. The van der Waals surface area contributed by atoms with Gasteiger partial charge in [-0.1, -0.05) is 19.8 Å². The van der Waals surface area contributed by atoms with Crippen LogP contribution >= 0.6 is 0 Å². The average Bonchev–Trinajstić information content (AvgIpc) is 2.29. The largest absolute Gasteiger partial charge is 0.448 e. The molecular weight excluding hydrogens is 222 g/mol. The Morgan fingerprint density at radius 2 is 2.00 bits per heavy atom. The molecule has 6 heteroatoms. The van der Waals surface area contributed by atoms with Gasteiger partial charge in [-0.3, -0.25) is 4.79 Å². The summed E-state index contributed by atoms with van der Waals surface area (Å²) in [5.41, 5.74) is 4.80. The molecule has 0 saturated carbocycles. The van der Waals surface area contributed by atoms with Gasteiger partial charge in [-0.05, 0) is 13.3 Å². The molecular formula is C11H23N3O3. The van der Waals surface area contributed by atoms with Gasteiger partial charge in [0.2, 0.25) is 5.91 Å². The summed E-state index contributed by atoms with van der Waals surface area (Å²) in [6.45, 7) is 5.16. The second-order valence-corrected chi connectivity index (χ2v) is 3.84. The van der Waals surface area contributed by atoms with Crippen molar-refractivity contribution in [1.29, 1.82) is 0 Å². The average molecular weight is 245 g/mol. The Bertz CT molecular complexity index is 234. The molecule has 0 aliphatic heterocycles. The maximum absolute atomic E-state index is 11.5. The molecule has 0 radical (unpaired) electrons. The summed E-state index contributed by atoms with van der Waals surface area (Å²) in [7, 11) is 0. The van der Waals surface area contributed by atoms with E-state index < -0.39 is 6.09 Å². The fourth-order valence-electron chi connectivity index (χ4n) is 1.26. The number of primary amides is 1. The summed E-state index contributed by atoms with van der Waals surface area (Å²) in [4.78, 5) is 21.8. The van der Waals surface area contributed by atoms with E-state index in [-0.39, 0.29) is 18.6 Å². The number of hydrogen-bond donors (Lipinski definition) is 3. The highest BCUT2D eigenvalue weighted by Gasteiger charge is 2.10. The van der Waals surface area contributed by atoms with Crippen LogP contribution in [0.2, 0.25) is 0 Å². The summed E-state index contributed by atoms with van der Waals surface area (Å²) >= 11 is 0. The highest BCUT2D eigenvalue weighted by atomic mass is 16.5. The number of ether oxygens (including phenoxy) is 1. The number of nitrogens with one attached hydrogen (secondary N) is 2. The number of nitrogens with two attached hydrogens (primary N) is 1. The first-order valence-electron chi connectivity index (χ1n) is 6.01. The first-order valence-corrected chi connectivity index (χ1v) is 6.01. The van der Waals surface area contributed by atoms with Crippen molar-refractivity contribution < 1.29 is 14.3 Å². The zero-order valence-corrected chi connectivity index (χ0v) is 10.6. The Morgan fingerprint density at radius 1 is 1.29 bits per heavy atom. The molecule has 0 aliphatic rings. The Hall–Kier alpha value is -1.30. The number of hydrogen-bond acceptors (Lipinski definition) is 4. The lowest BCUT2D eigenvalue weighted by atomic mass is 10.2. The normalized spacial score (nSPS) is 11.9. The van der Waals surface area contributed by atoms with Gasteiger partial charge < -0.3 is 21.1 Å². The van der Waals surface area contributed by atoms with Gasteiger partial charge in [0, 0.05) is 13.1 Å². The minimum Gasteiger partial charge on any atom is -0.448 e. The van der Waals surface area contributed by atoms with Crippen LogP contribution in [0, 0.1) is 0 Å². The third-order valence-corrected chi connectivity index (χ3v) is 2.27. The standard InChI is InChI=1S/C11H23N3O3/c1-3-4-5-6-14-10(15)9(2)13-7-8-17-11(12)16/h9,13H,3-8H2,1-2H3,(H2,12,16)(H,14,15). The molecule has 17 heavy (non-hydrogen) atoms. The van der Waals surface area contributed by atoms with E-state index in [1.54, 1.807) is 6.92 Å². The molecule has 1 unspecified atom stereocenters. The van der Waals surface area contributed by atoms with Crippen molar-refractivity contribution in [3.05, 3.63) is 0 Å². The lowest BCUT2D eigenvalue weighted by Gasteiger charge is -2.13. The van der Waals surface area contributed by atoms with E-state index in [1.165, 1.54) is 0 Å². The molecule has 0 saturated heterocycles. The molecule has 2 amide bonds. The highest BCUT2D eigenvalue weighted by molar-refractivity contribution is 5.81. The minimum absolute atomic E-state index is 0.0415. The van der Waals surface area contributed by atoms with Crippen LogP contribution < -0.4 is 16.4 Å². The first-order chi connectivity index (χ1) is 8.07. The molecule has 100 valence electrons. The van der Waals surface area contributed by atoms with Crippen LogP contribution in [-0.4, -0.2) is 37.7 Å². The molecule has 0 aromatic carbocycles. The van der Waals surface area contributed by atoms with Gasteiger partial charge in [-0.25, -0.2) is 4.79 Å². The first kappa shape index (κ1) is 15.7. The Morgan fingerprint density at radius 3 is 2.59 bits per heavy atom. The zero-order chi connectivity index (χ0) is 13.1. The molecule has 0 fully saturated rings. The molecule has 0 spiro atoms. The van der Waals surface area contributed by atoms with Crippen molar-refractivity contribution >= 4 is 12.0 Å². The van der Waals surface area contributed by atoms with E-state index in [1.807, 2.05) is 0 Å². The molecule has 0 aromatic heterocycles. The van der Waals surface area contributed by atoms with Gasteiger partial charge in [-0.15, -0.1) is 0 Å². The number of carbonyl (C=O) groups excluding carboxylic acids is 2. The minimum atomic E-state index is -0.802. The smallest absolute Gasteiger partial charge is 0.404 e. The molecule has 0 aliphatic carbocycles. The SMILES string of the molecule is CCCCCNC(=O)C(C)NCCOC(N)=O. The monoisotopic (exact) mass is 245 g/mol. The van der Waals surface area contributed by atoms with Crippen LogP contribution in [0.25, 0.3) is 0 Å². The summed E-state index contributed by atoms with van der Waals surface area (Å²) in [5, 5.41) is 5.77. The summed E-state index contributed by atoms with van der Waals surface area (Å²) in [6.07, 6.45) is 2.45. The molecule has 0 bridgehead atoms. The van der Waals surface area contributed by atoms with E-state index in [9.17, 15) is 9.59 Å². The lowest BCUT2D eigenvalue weighted by Crippen LogP contribution is -2.43. The van der Waals surface area contributed by atoms with Crippen molar-refractivity contribution in [3.8, 4) is 0 Å². The van der Waals surface area contributed by atoms with Gasteiger partial charge in [0.05, 0.1) is 6.04 Å². The molecule has 4 N–H and O–H groups in total. The third-order valence-electron chi connectivity index (χ3n) is 2.27. The van der Waals surface area contributed by atoms with Crippen LogP contribution in [0.1, 0.15) is 33.1 Å². The fourth-order valence-corrected chi connectivity index (χ4v) is 1.26. The summed E-state index contributed by atoms with van der Waals surface area (Å²) in [6, 6.07) is -0.298. The lowest BCUT2D eigenvalue weighted by molar-refractivity contribution is -0.122. The van der Waals surface area contributed by atoms with Gasteiger partial charge in [0.25, 0.3) is 0 Å². The topological polar surface area (TPSA) is 93.4 Å². The van der Waals surface area contributed by atoms with E-state index in [0.29, 0.717) is 13.1 Å². The van der Waals surface area contributed by atoms with Crippen LogP contribution in [-0.2, 0) is 9.53 Å². The summed E-state index contributed by atoms with van der Waals surface area (Å²) in [5.74, 6) is -0.0415. The molecule has 6 nitrogen and oxygen atoms in total. The number of rotatable bonds is 9. The fraction of sp³-hybridized carbons (Fsp3) is 0.818. The quantitative estimate of drug-likeness (QED) is 0.511. The van der Waals surface area contributed by atoms with Crippen LogP contribution in [0.5, 0.6) is 0 Å². The van der Waals surface area contributed by atoms with Crippen LogP contribution in [0.3, 0.4) is 0 Å². The third kappa shape index (κ3) is 9.62.